The largest absolute Gasteiger partial charge is 1.00 e. The Hall–Kier alpha value is -0.803. The molecule has 0 amide bonds. The number of allylic oxidation sites excluding steroid dienone is 1. The number of hydrogen-bond donors (Lipinski definition) is 2. The Morgan fingerprint density at radius 1 is 1.41 bits per heavy atom. The molecule has 1 unspecified atom stereocenters. The maximum Gasteiger partial charge on any atom is 1.00 e. The van der Waals surface area contributed by atoms with E-state index in [4.69, 9.17) is 5.11 Å². The molecule has 0 aromatic heterocycles. The number of rotatable bonds is 12. The van der Waals surface area contributed by atoms with Crippen molar-refractivity contribution >= 4 is 11.9 Å². The predicted molar refractivity (Wildman–Crippen MR) is 81.1 cm³/mol. The van der Waals surface area contributed by atoms with Gasteiger partial charge in [-0.1, -0.05) is 31.9 Å². The van der Waals surface area contributed by atoms with Crippen LogP contribution in [0.15, 0.2) is 17.1 Å². The monoisotopic (exact) mass is 306 g/mol. The van der Waals surface area contributed by atoms with Crippen LogP contribution in [0.5, 0.6) is 0 Å². The van der Waals surface area contributed by atoms with E-state index in [1.165, 1.54) is 0 Å². The van der Waals surface area contributed by atoms with E-state index in [0.717, 1.165) is 19.3 Å². The Balaban J connectivity index is 0. The van der Waals surface area contributed by atoms with E-state index in [1.54, 1.807) is 11.8 Å². The zero-order valence-electron chi connectivity index (χ0n) is 14.0. The predicted octanol–water partition coefficient (Wildman–Crippen LogP) is -2.00. The Kier molecular flexibility index (Phi) is 16.1. The molecule has 122 valence electrons. The van der Waals surface area contributed by atoms with Crippen LogP contribution in [-0.2, 0) is 4.79 Å². The number of unbranched alkanes of at least 4 members (excludes halogenated alkanes) is 2. The molecular formula is C15H27LiN2O4. The van der Waals surface area contributed by atoms with Gasteiger partial charge in [-0.25, -0.2) is 0 Å². The second-order valence-electron chi connectivity index (χ2n) is 5.08. The molecule has 0 saturated heterocycles. The molecule has 0 saturated carbocycles. The van der Waals surface area contributed by atoms with E-state index >= 15 is 0 Å². The van der Waals surface area contributed by atoms with Gasteiger partial charge in [0.25, 0.3) is 0 Å². The van der Waals surface area contributed by atoms with Gasteiger partial charge in [0.15, 0.2) is 0 Å². The van der Waals surface area contributed by atoms with Crippen LogP contribution in [0.1, 0.15) is 46.0 Å². The van der Waals surface area contributed by atoms with Crippen molar-refractivity contribution in [3.63, 3.8) is 0 Å². The molecule has 0 fully saturated rings. The molecule has 0 rings (SSSR count). The smallest absolute Gasteiger partial charge is 0.862 e. The van der Waals surface area contributed by atoms with Crippen molar-refractivity contribution in [1.82, 2.24) is 4.90 Å². The molecule has 2 N–H and O–H groups in total. The third-order valence-corrected chi connectivity index (χ3v) is 2.79. The SMILES string of the molecule is CCCC/C=C/CC([O-])=NCN(CCC(=O)O)CC(C)O.[Li+]. The van der Waals surface area contributed by atoms with Gasteiger partial charge in [-0.15, -0.1) is 0 Å². The van der Waals surface area contributed by atoms with Crippen molar-refractivity contribution < 1.29 is 39.0 Å². The number of nitrogens with zero attached hydrogens (tertiary/aromatic N) is 2. The van der Waals surface area contributed by atoms with Gasteiger partial charge >= 0.3 is 24.8 Å². The van der Waals surface area contributed by atoms with Crippen molar-refractivity contribution in [2.24, 2.45) is 4.99 Å². The number of aliphatic carboxylic acids is 1. The first kappa shape index (κ1) is 23.5. The zero-order chi connectivity index (χ0) is 16.1. The summed E-state index contributed by atoms with van der Waals surface area (Å²) in [5, 5.41) is 29.6. The molecule has 1 atom stereocenters. The van der Waals surface area contributed by atoms with E-state index < -0.39 is 12.1 Å². The Bertz CT molecular complexity index is 346. The summed E-state index contributed by atoms with van der Waals surface area (Å²) in [5.41, 5.74) is 0. The van der Waals surface area contributed by atoms with Crippen LogP contribution in [0.25, 0.3) is 0 Å². The van der Waals surface area contributed by atoms with Crippen molar-refractivity contribution in [3.05, 3.63) is 12.2 Å². The zero-order valence-corrected chi connectivity index (χ0v) is 14.0. The molecule has 0 aliphatic heterocycles. The number of aliphatic hydroxyl groups is 1. The molecule has 0 heterocycles. The molecule has 7 heteroatoms. The van der Waals surface area contributed by atoms with Crippen LogP contribution in [0, 0.1) is 0 Å². The van der Waals surface area contributed by atoms with Crippen molar-refractivity contribution in [1.29, 1.82) is 0 Å². The van der Waals surface area contributed by atoms with Crippen molar-refractivity contribution in [2.75, 3.05) is 19.8 Å². The molecule has 0 aromatic rings. The minimum Gasteiger partial charge on any atom is -0.862 e. The van der Waals surface area contributed by atoms with E-state index in [9.17, 15) is 15.0 Å². The van der Waals surface area contributed by atoms with Crippen LogP contribution in [0.4, 0.5) is 0 Å². The van der Waals surface area contributed by atoms with Crippen molar-refractivity contribution in [2.45, 2.75) is 52.1 Å². The quantitative estimate of drug-likeness (QED) is 0.143. The fraction of sp³-hybridized carbons (Fsp3) is 0.733. The Morgan fingerprint density at radius 2 is 2.09 bits per heavy atom. The topological polar surface area (TPSA) is 96.2 Å². The van der Waals surface area contributed by atoms with E-state index in [1.807, 2.05) is 12.2 Å². The maximum atomic E-state index is 11.6. The minimum atomic E-state index is -0.907. The average Bonchev–Trinajstić information content (AvgIpc) is 2.41. The summed E-state index contributed by atoms with van der Waals surface area (Å²) in [6.45, 7) is 4.42. The molecule has 6 nitrogen and oxygen atoms in total. The van der Waals surface area contributed by atoms with Gasteiger partial charge < -0.3 is 15.3 Å². The first-order chi connectivity index (χ1) is 9.95. The molecule has 0 aliphatic carbocycles. The average molecular weight is 306 g/mol. The summed E-state index contributed by atoms with van der Waals surface area (Å²) >= 11 is 0. The van der Waals surface area contributed by atoms with Gasteiger partial charge in [-0.2, -0.15) is 0 Å². The fourth-order valence-corrected chi connectivity index (χ4v) is 1.71. The Labute approximate surface area is 145 Å². The van der Waals surface area contributed by atoms with E-state index in [-0.39, 0.29) is 50.8 Å². The van der Waals surface area contributed by atoms with Gasteiger partial charge in [0.2, 0.25) is 0 Å². The number of carbonyl (C=O) groups is 1. The standard InChI is InChI=1S/C15H28N2O4.Li/c1-3-4-5-6-7-8-14(19)16-12-17(11-13(2)18)10-9-15(20)21;/h6-7,13,18H,3-5,8-12H2,1-2H3,(H,16,19)(H,20,21);/q;+1/p-1/b7-6+;. The maximum absolute atomic E-state index is 11.6. The number of carboxylic acid groups (broad SMARTS) is 1. The number of aliphatic hydroxyl groups excluding tert-OH is 1. The summed E-state index contributed by atoms with van der Waals surface area (Å²) < 4.78 is 0. The molecular weight excluding hydrogens is 279 g/mol. The molecule has 0 aliphatic rings. The van der Waals surface area contributed by atoms with Gasteiger partial charge in [-0.3, -0.25) is 14.7 Å². The summed E-state index contributed by atoms with van der Waals surface area (Å²) in [5.74, 6) is -1.13. The molecule has 0 aromatic carbocycles. The van der Waals surface area contributed by atoms with E-state index in [0.29, 0.717) is 6.54 Å². The van der Waals surface area contributed by atoms with Gasteiger partial charge in [0.05, 0.1) is 19.2 Å². The number of hydrogen-bond acceptors (Lipinski definition) is 5. The number of aliphatic imine (C=N–C) groups is 1. The van der Waals surface area contributed by atoms with E-state index in [2.05, 4.69) is 11.9 Å². The van der Waals surface area contributed by atoms with Gasteiger partial charge in [0.1, 0.15) is 0 Å². The first-order valence-corrected chi connectivity index (χ1v) is 7.43. The third kappa shape index (κ3) is 15.6. The Morgan fingerprint density at radius 3 is 2.64 bits per heavy atom. The van der Waals surface area contributed by atoms with Crippen molar-refractivity contribution in [3.8, 4) is 0 Å². The van der Waals surface area contributed by atoms with Crippen LogP contribution < -0.4 is 24.0 Å². The molecule has 0 spiro atoms. The van der Waals surface area contributed by atoms with Crippen LogP contribution in [0.2, 0.25) is 0 Å². The third-order valence-electron chi connectivity index (χ3n) is 2.79. The first-order valence-electron chi connectivity index (χ1n) is 7.43. The number of carboxylic acids is 1. The minimum absolute atomic E-state index is 0. The van der Waals surface area contributed by atoms with Gasteiger partial charge in [-0.05, 0) is 25.7 Å². The summed E-state index contributed by atoms with van der Waals surface area (Å²) in [7, 11) is 0. The summed E-state index contributed by atoms with van der Waals surface area (Å²) in [6, 6.07) is 0. The molecule has 22 heavy (non-hydrogen) atoms. The summed E-state index contributed by atoms with van der Waals surface area (Å²) in [4.78, 5) is 16.1. The van der Waals surface area contributed by atoms with Crippen LogP contribution >= 0.6 is 0 Å². The normalized spacial score (nSPS) is 13.4. The molecule has 0 bridgehead atoms. The van der Waals surface area contributed by atoms with Gasteiger partial charge in [0, 0.05) is 13.1 Å². The summed E-state index contributed by atoms with van der Waals surface area (Å²) in [6.07, 6.45) is 6.65. The van der Waals surface area contributed by atoms with Crippen LogP contribution in [0.3, 0.4) is 0 Å². The van der Waals surface area contributed by atoms with Crippen LogP contribution in [-0.4, -0.2) is 52.8 Å². The second kappa shape index (κ2) is 15.1. The molecule has 0 radical (unpaired) electrons. The fourth-order valence-electron chi connectivity index (χ4n) is 1.71. The second-order valence-corrected chi connectivity index (χ2v) is 5.08.